The lowest BCUT2D eigenvalue weighted by Crippen LogP contribution is -2.38. The first-order valence-corrected chi connectivity index (χ1v) is 8.14. The van der Waals surface area contributed by atoms with Gasteiger partial charge in [-0.2, -0.15) is 0 Å². The fourth-order valence-corrected chi connectivity index (χ4v) is 2.60. The highest BCUT2D eigenvalue weighted by molar-refractivity contribution is 7.11. The van der Waals surface area contributed by atoms with Gasteiger partial charge in [0, 0.05) is 6.54 Å². The topological polar surface area (TPSA) is 55.4 Å². The van der Waals surface area contributed by atoms with Crippen molar-refractivity contribution in [1.82, 2.24) is 5.32 Å². The van der Waals surface area contributed by atoms with Gasteiger partial charge in [0.2, 0.25) is 0 Å². The zero-order chi connectivity index (χ0) is 15.8. The predicted octanol–water partition coefficient (Wildman–Crippen LogP) is 3.04. The Bertz CT molecular complexity index is 596. The second-order valence-electron chi connectivity index (χ2n) is 4.81. The molecule has 0 aliphatic heterocycles. The van der Waals surface area contributed by atoms with Gasteiger partial charge in [0.05, 0.1) is 0 Å². The first kappa shape index (κ1) is 16.2. The van der Waals surface area contributed by atoms with Crippen molar-refractivity contribution in [3.63, 3.8) is 0 Å². The monoisotopic (exact) mass is 317 g/mol. The van der Waals surface area contributed by atoms with E-state index < -0.39 is 12.1 Å². The highest BCUT2D eigenvalue weighted by atomic mass is 32.1. The van der Waals surface area contributed by atoms with Crippen LogP contribution in [0.4, 0.5) is 0 Å². The molecule has 1 atom stereocenters. The van der Waals surface area contributed by atoms with Gasteiger partial charge in [-0.1, -0.05) is 43.3 Å². The number of carbonyl (C=O) groups excluding carboxylic acids is 2. The Morgan fingerprint density at radius 1 is 1.18 bits per heavy atom. The summed E-state index contributed by atoms with van der Waals surface area (Å²) in [6.07, 6.45) is 0.460. The van der Waals surface area contributed by atoms with Crippen LogP contribution in [0.1, 0.15) is 28.6 Å². The molecule has 0 saturated carbocycles. The Morgan fingerprint density at radius 2 is 1.95 bits per heavy atom. The molecule has 0 fully saturated rings. The maximum atomic E-state index is 12.1. The van der Waals surface area contributed by atoms with Crippen molar-refractivity contribution in [2.24, 2.45) is 0 Å². The van der Waals surface area contributed by atoms with Crippen LogP contribution in [-0.2, 0) is 16.0 Å². The van der Waals surface area contributed by atoms with E-state index in [9.17, 15) is 9.59 Å². The molecular weight excluding hydrogens is 298 g/mol. The normalized spacial score (nSPS) is 11.7. The van der Waals surface area contributed by atoms with Crippen molar-refractivity contribution >= 4 is 23.2 Å². The summed E-state index contributed by atoms with van der Waals surface area (Å²) in [5.41, 5.74) is 1.16. The van der Waals surface area contributed by atoms with Crippen LogP contribution in [0.15, 0.2) is 47.8 Å². The summed E-state index contributed by atoms with van der Waals surface area (Å²) in [4.78, 5) is 24.5. The summed E-state index contributed by atoms with van der Waals surface area (Å²) in [5, 5.41) is 4.62. The lowest BCUT2D eigenvalue weighted by atomic mass is 10.1. The van der Waals surface area contributed by atoms with Gasteiger partial charge in [0.1, 0.15) is 4.88 Å². The van der Waals surface area contributed by atoms with Crippen LogP contribution in [0.25, 0.3) is 0 Å². The van der Waals surface area contributed by atoms with E-state index in [0.717, 1.165) is 12.0 Å². The first-order chi connectivity index (χ1) is 10.7. The van der Waals surface area contributed by atoms with E-state index in [2.05, 4.69) is 5.32 Å². The van der Waals surface area contributed by atoms with E-state index in [4.69, 9.17) is 4.74 Å². The molecule has 1 aromatic carbocycles. The molecule has 0 saturated heterocycles. The minimum atomic E-state index is -0.745. The SMILES string of the molecule is CC[C@H](OC(=O)c1cccs1)C(=O)NCCc1ccccc1. The molecule has 0 bridgehead atoms. The first-order valence-electron chi connectivity index (χ1n) is 7.27. The van der Waals surface area contributed by atoms with Crippen molar-refractivity contribution < 1.29 is 14.3 Å². The highest BCUT2D eigenvalue weighted by Gasteiger charge is 2.21. The number of esters is 1. The van der Waals surface area contributed by atoms with Crippen molar-refractivity contribution in [2.75, 3.05) is 6.54 Å². The molecule has 5 heteroatoms. The van der Waals surface area contributed by atoms with Crippen molar-refractivity contribution in [2.45, 2.75) is 25.9 Å². The number of hydrogen-bond donors (Lipinski definition) is 1. The Hall–Kier alpha value is -2.14. The Balaban J connectivity index is 1.80. The summed E-state index contributed by atoms with van der Waals surface area (Å²) in [5.74, 6) is -0.691. The van der Waals surface area contributed by atoms with Gasteiger partial charge >= 0.3 is 5.97 Å². The van der Waals surface area contributed by atoms with E-state index in [1.54, 1.807) is 17.5 Å². The average molecular weight is 317 g/mol. The highest BCUT2D eigenvalue weighted by Crippen LogP contribution is 2.12. The number of rotatable bonds is 7. The van der Waals surface area contributed by atoms with Gasteiger partial charge in [0.15, 0.2) is 6.10 Å². The summed E-state index contributed by atoms with van der Waals surface area (Å²) >= 11 is 1.30. The number of carbonyl (C=O) groups is 2. The van der Waals surface area contributed by atoms with Crippen LogP contribution in [0.3, 0.4) is 0 Å². The molecule has 22 heavy (non-hydrogen) atoms. The molecule has 0 unspecified atom stereocenters. The van der Waals surface area contributed by atoms with E-state index in [1.807, 2.05) is 37.3 Å². The molecule has 0 aliphatic carbocycles. The fraction of sp³-hybridized carbons (Fsp3) is 0.294. The number of thiophene rings is 1. The average Bonchev–Trinajstić information content (AvgIpc) is 3.08. The predicted molar refractivity (Wildman–Crippen MR) is 87.0 cm³/mol. The van der Waals surface area contributed by atoms with E-state index in [1.165, 1.54) is 11.3 Å². The summed E-state index contributed by atoms with van der Waals surface area (Å²) in [7, 11) is 0. The molecule has 116 valence electrons. The molecule has 0 aliphatic rings. The van der Waals surface area contributed by atoms with E-state index in [-0.39, 0.29) is 5.91 Å². The van der Waals surface area contributed by atoms with Crippen LogP contribution >= 0.6 is 11.3 Å². The Labute approximate surface area is 134 Å². The van der Waals surface area contributed by atoms with Crippen LogP contribution in [0, 0.1) is 0 Å². The number of ether oxygens (including phenoxy) is 1. The largest absolute Gasteiger partial charge is 0.448 e. The van der Waals surface area contributed by atoms with E-state index >= 15 is 0 Å². The summed E-state index contributed by atoms with van der Waals surface area (Å²) < 4.78 is 5.27. The van der Waals surface area contributed by atoms with Gasteiger partial charge < -0.3 is 10.1 Å². The summed E-state index contributed by atoms with van der Waals surface area (Å²) in [6.45, 7) is 2.35. The number of amides is 1. The van der Waals surface area contributed by atoms with Crippen molar-refractivity contribution in [3.05, 3.63) is 58.3 Å². The van der Waals surface area contributed by atoms with E-state index in [0.29, 0.717) is 17.8 Å². The maximum absolute atomic E-state index is 12.1. The minimum absolute atomic E-state index is 0.247. The lowest BCUT2D eigenvalue weighted by molar-refractivity contribution is -0.130. The van der Waals surface area contributed by atoms with Crippen molar-refractivity contribution in [1.29, 1.82) is 0 Å². The van der Waals surface area contributed by atoms with Gasteiger partial charge in [0.25, 0.3) is 5.91 Å². The third kappa shape index (κ3) is 4.70. The Kier molecular flexibility index (Phi) is 6.15. The van der Waals surface area contributed by atoms with Crippen LogP contribution in [-0.4, -0.2) is 24.5 Å². The Morgan fingerprint density at radius 3 is 2.59 bits per heavy atom. The van der Waals surface area contributed by atoms with Gasteiger partial charge in [-0.15, -0.1) is 11.3 Å². The third-order valence-corrected chi connectivity index (χ3v) is 4.04. The number of nitrogens with one attached hydrogen (secondary N) is 1. The minimum Gasteiger partial charge on any atom is -0.448 e. The number of benzene rings is 1. The molecule has 1 N–H and O–H groups in total. The molecule has 0 radical (unpaired) electrons. The second-order valence-corrected chi connectivity index (χ2v) is 5.75. The van der Waals surface area contributed by atoms with Crippen LogP contribution in [0.5, 0.6) is 0 Å². The van der Waals surface area contributed by atoms with Crippen LogP contribution in [0.2, 0.25) is 0 Å². The zero-order valence-corrected chi connectivity index (χ0v) is 13.3. The molecule has 0 spiro atoms. The zero-order valence-electron chi connectivity index (χ0n) is 12.5. The maximum Gasteiger partial charge on any atom is 0.349 e. The van der Waals surface area contributed by atoms with Crippen molar-refractivity contribution in [3.8, 4) is 0 Å². The molecule has 1 heterocycles. The van der Waals surface area contributed by atoms with Gasteiger partial charge in [-0.3, -0.25) is 4.79 Å². The standard InChI is InChI=1S/C17H19NO3S/c1-2-14(21-17(20)15-9-6-12-22-15)16(19)18-11-10-13-7-4-3-5-8-13/h3-9,12,14H,2,10-11H2,1H3,(H,18,19)/t14-/m0/s1. The quantitative estimate of drug-likeness (QED) is 0.799. The lowest BCUT2D eigenvalue weighted by Gasteiger charge is -2.15. The van der Waals surface area contributed by atoms with Gasteiger partial charge in [-0.25, -0.2) is 4.79 Å². The number of hydrogen-bond acceptors (Lipinski definition) is 4. The third-order valence-electron chi connectivity index (χ3n) is 3.19. The fourth-order valence-electron chi connectivity index (χ4n) is 1.99. The molecule has 2 rings (SSSR count). The smallest absolute Gasteiger partial charge is 0.349 e. The molecule has 1 amide bonds. The molecule has 2 aromatic rings. The molecule has 4 nitrogen and oxygen atoms in total. The molecular formula is C17H19NO3S. The molecule has 1 aromatic heterocycles. The second kappa shape index (κ2) is 8.34. The summed E-state index contributed by atoms with van der Waals surface area (Å²) in [6, 6.07) is 13.4. The van der Waals surface area contributed by atoms with Gasteiger partial charge in [-0.05, 0) is 29.9 Å². The van der Waals surface area contributed by atoms with Crippen LogP contribution < -0.4 is 5.32 Å².